The lowest BCUT2D eigenvalue weighted by molar-refractivity contribution is 0.129. The molecule has 1 N–H and O–H groups in total. The van der Waals surface area contributed by atoms with E-state index in [1.165, 1.54) is 30.5 Å². The highest BCUT2D eigenvalue weighted by molar-refractivity contribution is 5.46. The summed E-state index contributed by atoms with van der Waals surface area (Å²) in [6.07, 6.45) is 2.44. The number of phenols is 1. The Balaban J connectivity index is 2.13. The Bertz CT molecular complexity index is 429. The Kier molecular flexibility index (Phi) is 2.05. The second-order valence-corrected chi connectivity index (χ2v) is 5.43. The van der Waals surface area contributed by atoms with Crippen LogP contribution in [0, 0.1) is 0 Å². The highest BCUT2D eigenvalue weighted by atomic mass is 16.3. The van der Waals surface area contributed by atoms with Crippen molar-refractivity contribution in [1.82, 2.24) is 4.90 Å². The molecule has 2 aliphatic rings. The number of phenolic OH excluding ortho intramolecular Hbond substituents is 1. The van der Waals surface area contributed by atoms with E-state index >= 15 is 0 Å². The molecule has 3 rings (SSSR count). The molecule has 1 aromatic rings. The Morgan fingerprint density at radius 3 is 3.06 bits per heavy atom. The van der Waals surface area contributed by atoms with E-state index < -0.39 is 0 Å². The minimum atomic E-state index is 0.296. The fraction of sp³-hybridized carbons (Fsp3) is 0.571. The average molecular weight is 217 g/mol. The molecule has 2 nitrogen and oxygen atoms in total. The second kappa shape index (κ2) is 3.24. The van der Waals surface area contributed by atoms with Gasteiger partial charge in [-0.3, -0.25) is 4.90 Å². The van der Waals surface area contributed by atoms with Gasteiger partial charge in [-0.25, -0.2) is 0 Å². The van der Waals surface area contributed by atoms with Gasteiger partial charge in [0.05, 0.1) is 0 Å². The topological polar surface area (TPSA) is 23.5 Å². The van der Waals surface area contributed by atoms with Gasteiger partial charge in [0.15, 0.2) is 0 Å². The minimum Gasteiger partial charge on any atom is -0.508 e. The molecule has 1 heterocycles. The summed E-state index contributed by atoms with van der Waals surface area (Å²) in [4.78, 5) is 2.56. The average Bonchev–Trinajstić information content (AvgIpc) is 2.49. The van der Waals surface area contributed by atoms with Gasteiger partial charge >= 0.3 is 0 Å². The molecule has 1 aromatic carbocycles. The summed E-state index contributed by atoms with van der Waals surface area (Å²) in [5, 5.41) is 9.64. The number of nitrogens with zero attached hydrogens (tertiary/aromatic N) is 1. The summed E-state index contributed by atoms with van der Waals surface area (Å²) in [5.41, 5.74) is 3.12. The fourth-order valence-corrected chi connectivity index (χ4v) is 3.49. The first kappa shape index (κ1) is 10.2. The molecule has 0 unspecified atom stereocenters. The molecule has 0 radical (unpaired) electrons. The van der Waals surface area contributed by atoms with Crippen LogP contribution in [-0.4, -0.2) is 23.1 Å². The maximum atomic E-state index is 9.64. The van der Waals surface area contributed by atoms with E-state index in [1.807, 2.05) is 12.1 Å². The zero-order chi connectivity index (χ0) is 11.3. The summed E-state index contributed by atoms with van der Waals surface area (Å²) in [7, 11) is 0. The monoisotopic (exact) mass is 217 g/mol. The van der Waals surface area contributed by atoms with Gasteiger partial charge in [0.1, 0.15) is 5.75 Å². The lowest BCUT2D eigenvalue weighted by Gasteiger charge is -2.37. The van der Waals surface area contributed by atoms with Crippen LogP contribution in [-0.2, 0) is 5.41 Å². The van der Waals surface area contributed by atoms with Crippen molar-refractivity contribution in [3.05, 3.63) is 29.3 Å². The molecule has 1 saturated heterocycles. The number of piperidine rings is 1. The molecule has 1 aliphatic carbocycles. The van der Waals surface area contributed by atoms with E-state index in [2.05, 4.69) is 24.8 Å². The molecular formula is C14H19NO. The summed E-state index contributed by atoms with van der Waals surface area (Å²) in [6, 6.07) is 6.51. The quantitative estimate of drug-likeness (QED) is 0.782. The number of likely N-dealkylation sites (tertiary alicyclic amines) is 1. The number of rotatable bonds is 1. The van der Waals surface area contributed by atoms with Crippen LogP contribution in [0.1, 0.15) is 43.9 Å². The molecule has 0 spiro atoms. The van der Waals surface area contributed by atoms with Crippen molar-refractivity contribution in [2.24, 2.45) is 0 Å². The molecule has 86 valence electrons. The van der Waals surface area contributed by atoms with Crippen molar-refractivity contribution in [2.45, 2.75) is 38.1 Å². The van der Waals surface area contributed by atoms with Gasteiger partial charge in [-0.2, -0.15) is 0 Å². The lowest BCUT2D eigenvalue weighted by Crippen LogP contribution is -2.37. The normalized spacial score (nSPS) is 32.8. The van der Waals surface area contributed by atoms with Crippen LogP contribution in [0.25, 0.3) is 0 Å². The number of aromatic hydroxyl groups is 1. The maximum absolute atomic E-state index is 9.64. The van der Waals surface area contributed by atoms with Crippen molar-refractivity contribution in [3.63, 3.8) is 0 Å². The van der Waals surface area contributed by atoms with Crippen molar-refractivity contribution in [3.8, 4) is 5.75 Å². The first-order chi connectivity index (χ1) is 7.64. The third-order valence-corrected chi connectivity index (χ3v) is 4.49. The largest absolute Gasteiger partial charge is 0.508 e. The highest BCUT2D eigenvalue weighted by Crippen LogP contribution is 2.53. The third-order valence-electron chi connectivity index (χ3n) is 4.49. The van der Waals surface area contributed by atoms with Crippen LogP contribution in [0.5, 0.6) is 5.75 Å². The smallest absolute Gasteiger partial charge is 0.115 e. The van der Waals surface area contributed by atoms with Gasteiger partial charge in [-0.1, -0.05) is 19.9 Å². The zero-order valence-corrected chi connectivity index (χ0v) is 10.0. The zero-order valence-electron chi connectivity index (χ0n) is 10.0. The molecule has 1 fully saturated rings. The van der Waals surface area contributed by atoms with Crippen molar-refractivity contribution in [1.29, 1.82) is 0 Å². The van der Waals surface area contributed by atoms with E-state index in [-0.39, 0.29) is 0 Å². The number of benzene rings is 1. The Morgan fingerprint density at radius 1 is 1.50 bits per heavy atom. The van der Waals surface area contributed by atoms with Gasteiger partial charge in [0.2, 0.25) is 0 Å². The number of hydrogen-bond donors (Lipinski definition) is 1. The lowest BCUT2D eigenvalue weighted by atomic mass is 9.79. The van der Waals surface area contributed by atoms with Gasteiger partial charge in [-0.15, -0.1) is 0 Å². The fourth-order valence-electron chi connectivity index (χ4n) is 3.49. The van der Waals surface area contributed by atoms with Gasteiger partial charge < -0.3 is 5.11 Å². The molecular weight excluding hydrogens is 198 g/mol. The van der Waals surface area contributed by atoms with Crippen LogP contribution in [0.4, 0.5) is 0 Å². The predicted octanol–water partition coefficient (Wildman–Crippen LogP) is 2.82. The Morgan fingerprint density at radius 2 is 2.31 bits per heavy atom. The summed E-state index contributed by atoms with van der Waals surface area (Å²) < 4.78 is 0. The molecule has 1 aliphatic heterocycles. The molecule has 0 saturated carbocycles. The molecule has 16 heavy (non-hydrogen) atoms. The summed E-state index contributed by atoms with van der Waals surface area (Å²) >= 11 is 0. The molecule has 2 bridgehead atoms. The molecule has 2 atom stereocenters. The van der Waals surface area contributed by atoms with E-state index in [0.717, 1.165) is 6.54 Å². The van der Waals surface area contributed by atoms with E-state index in [9.17, 15) is 5.11 Å². The number of hydrogen-bond acceptors (Lipinski definition) is 2. The maximum Gasteiger partial charge on any atom is 0.115 e. The van der Waals surface area contributed by atoms with Gasteiger partial charge in [-0.05, 0) is 54.6 Å². The van der Waals surface area contributed by atoms with Crippen LogP contribution in [0.15, 0.2) is 18.2 Å². The first-order valence-electron chi connectivity index (χ1n) is 6.21. The first-order valence-corrected chi connectivity index (χ1v) is 6.21. The molecule has 0 amide bonds. The van der Waals surface area contributed by atoms with Gasteiger partial charge in [0.25, 0.3) is 0 Å². The van der Waals surface area contributed by atoms with E-state index in [0.29, 0.717) is 17.2 Å². The summed E-state index contributed by atoms with van der Waals surface area (Å²) in [6.45, 7) is 6.90. The van der Waals surface area contributed by atoms with Crippen molar-refractivity contribution in [2.75, 3.05) is 13.1 Å². The van der Waals surface area contributed by atoms with Crippen molar-refractivity contribution >= 4 is 0 Å². The molecule has 0 aromatic heterocycles. The molecule has 2 heteroatoms. The Labute approximate surface area is 96.9 Å². The highest BCUT2D eigenvalue weighted by Gasteiger charge is 2.45. The number of fused-ring (bicyclic) bond motifs is 5. The van der Waals surface area contributed by atoms with Crippen molar-refractivity contribution < 1.29 is 5.11 Å². The van der Waals surface area contributed by atoms with Crippen LogP contribution >= 0.6 is 0 Å². The third kappa shape index (κ3) is 1.23. The van der Waals surface area contributed by atoms with Crippen LogP contribution < -0.4 is 0 Å². The van der Waals surface area contributed by atoms with Crippen LogP contribution in [0.3, 0.4) is 0 Å². The minimum absolute atomic E-state index is 0.296. The Hall–Kier alpha value is -1.02. The predicted molar refractivity (Wildman–Crippen MR) is 64.7 cm³/mol. The second-order valence-electron chi connectivity index (χ2n) is 5.43. The standard InChI is InChI=1S/C14H19NO/c1-3-15-7-6-14(2)9-13(15)11-5-4-10(16)8-12(11)14/h4-5,8,13,16H,3,6-7,9H2,1-2H3/t13-,14+/m0/s1. The van der Waals surface area contributed by atoms with Crippen LogP contribution in [0.2, 0.25) is 0 Å². The summed E-state index contributed by atoms with van der Waals surface area (Å²) in [5.74, 6) is 0.413. The SMILES string of the molecule is CCN1CC[C@]2(C)C[C@H]1c1ccc(O)cc12. The van der Waals surface area contributed by atoms with Gasteiger partial charge in [0, 0.05) is 6.04 Å². The van der Waals surface area contributed by atoms with E-state index in [1.54, 1.807) is 0 Å². The van der Waals surface area contributed by atoms with E-state index in [4.69, 9.17) is 0 Å².